The maximum atomic E-state index is 12.2. The van der Waals surface area contributed by atoms with E-state index in [1.54, 1.807) is 0 Å². The van der Waals surface area contributed by atoms with Gasteiger partial charge in [-0.25, -0.2) is 18.1 Å². The van der Waals surface area contributed by atoms with Crippen LogP contribution in [0, 0.1) is 0 Å². The molecule has 0 amide bonds. The summed E-state index contributed by atoms with van der Waals surface area (Å²) in [5.41, 5.74) is 5.80. The minimum atomic E-state index is -3.51. The van der Waals surface area contributed by atoms with Crippen LogP contribution in [0.4, 0.5) is 0 Å². The SMILES string of the molecule is COc1ccc(S(=O)(=O)NC2CCC(N)CC2)cn1.Cl. The second-order valence-electron chi connectivity index (χ2n) is 4.77. The van der Waals surface area contributed by atoms with Crippen molar-refractivity contribution in [3.05, 3.63) is 18.3 Å². The molecule has 0 spiro atoms. The van der Waals surface area contributed by atoms with Gasteiger partial charge < -0.3 is 10.5 Å². The molecule has 2 rings (SSSR count). The van der Waals surface area contributed by atoms with E-state index in [2.05, 4.69) is 9.71 Å². The van der Waals surface area contributed by atoms with E-state index in [9.17, 15) is 8.42 Å². The smallest absolute Gasteiger partial charge is 0.242 e. The van der Waals surface area contributed by atoms with Crippen molar-refractivity contribution in [1.29, 1.82) is 0 Å². The summed E-state index contributed by atoms with van der Waals surface area (Å²) in [5.74, 6) is 0.391. The number of nitrogens with zero attached hydrogens (tertiary/aromatic N) is 1. The summed E-state index contributed by atoms with van der Waals surface area (Å²) in [5, 5.41) is 0. The Bertz CT molecular complexity index is 513. The summed E-state index contributed by atoms with van der Waals surface area (Å²) in [6.45, 7) is 0. The van der Waals surface area contributed by atoms with E-state index in [-0.39, 0.29) is 29.4 Å². The molecule has 0 unspecified atom stereocenters. The average Bonchev–Trinajstić information content (AvgIpc) is 2.41. The molecule has 0 atom stereocenters. The third-order valence-electron chi connectivity index (χ3n) is 3.32. The number of rotatable bonds is 4. The summed E-state index contributed by atoms with van der Waals surface area (Å²) in [4.78, 5) is 4.06. The monoisotopic (exact) mass is 321 g/mol. The fourth-order valence-electron chi connectivity index (χ4n) is 2.17. The lowest BCUT2D eigenvalue weighted by molar-refractivity contribution is 0.373. The van der Waals surface area contributed by atoms with Crippen LogP contribution in [-0.4, -0.2) is 32.6 Å². The summed E-state index contributed by atoms with van der Waals surface area (Å²) in [7, 11) is -2.03. The van der Waals surface area contributed by atoms with Gasteiger partial charge in [-0.1, -0.05) is 0 Å². The normalized spacial score (nSPS) is 22.9. The molecule has 1 aromatic heterocycles. The zero-order chi connectivity index (χ0) is 13.9. The van der Waals surface area contributed by atoms with Crippen LogP contribution in [0.15, 0.2) is 23.2 Å². The summed E-state index contributed by atoms with van der Waals surface area (Å²) in [6.07, 6.45) is 4.58. The highest BCUT2D eigenvalue weighted by Crippen LogP contribution is 2.19. The molecule has 0 radical (unpaired) electrons. The molecule has 6 nitrogen and oxygen atoms in total. The number of ether oxygens (including phenoxy) is 1. The molecule has 0 saturated heterocycles. The quantitative estimate of drug-likeness (QED) is 0.864. The highest BCUT2D eigenvalue weighted by Gasteiger charge is 2.24. The number of halogens is 1. The number of nitrogens with two attached hydrogens (primary N) is 1. The van der Waals surface area contributed by atoms with Gasteiger partial charge in [-0.05, 0) is 31.7 Å². The van der Waals surface area contributed by atoms with Crippen LogP contribution in [0.1, 0.15) is 25.7 Å². The molecular formula is C12H20ClN3O3S. The van der Waals surface area contributed by atoms with Crippen molar-refractivity contribution >= 4 is 22.4 Å². The van der Waals surface area contributed by atoms with Crippen LogP contribution < -0.4 is 15.2 Å². The molecule has 0 bridgehead atoms. The lowest BCUT2D eigenvalue weighted by Crippen LogP contribution is -2.40. The lowest BCUT2D eigenvalue weighted by Gasteiger charge is -2.26. The third-order valence-corrected chi connectivity index (χ3v) is 4.83. The van der Waals surface area contributed by atoms with E-state index in [0.29, 0.717) is 5.88 Å². The minimum Gasteiger partial charge on any atom is -0.481 e. The first-order valence-corrected chi connectivity index (χ1v) is 7.77. The van der Waals surface area contributed by atoms with Crippen molar-refractivity contribution in [3.63, 3.8) is 0 Å². The van der Waals surface area contributed by atoms with Gasteiger partial charge in [0.05, 0.1) is 13.3 Å². The van der Waals surface area contributed by atoms with E-state index in [0.717, 1.165) is 25.7 Å². The molecule has 8 heteroatoms. The molecule has 1 aliphatic carbocycles. The van der Waals surface area contributed by atoms with E-state index < -0.39 is 10.0 Å². The fourth-order valence-corrected chi connectivity index (χ4v) is 3.42. The molecule has 3 N–H and O–H groups in total. The number of hydrogen-bond donors (Lipinski definition) is 2. The molecule has 20 heavy (non-hydrogen) atoms. The van der Waals surface area contributed by atoms with Crippen LogP contribution in [0.25, 0.3) is 0 Å². The van der Waals surface area contributed by atoms with Crippen LogP contribution in [0.2, 0.25) is 0 Å². The molecule has 1 heterocycles. The first-order chi connectivity index (χ1) is 9.01. The minimum absolute atomic E-state index is 0. The fraction of sp³-hybridized carbons (Fsp3) is 0.583. The summed E-state index contributed by atoms with van der Waals surface area (Å²) < 4.78 is 31.9. The third kappa shape index (κ3) is 4.31. The standard InChI is InChI=1S/C12H19N3O3S.ClH/c1-18-12-7-6-11(8-14-12)19(16,17)15-10-4-2-9(13)3-5-10;/h6-10,15H,2-5,13H2,1H3;1H. The van der Waals surface area contributed by atoms with Gasteiger partial charge in [0.15, 0.2) is 0 Å². The Hall–Kier alpha value is -0.890. The van der Waals surface area contributed by atoms with Gasteiger partial charge in [0, 0.05) is 18.2 Å². The number of aromatic nitrogens is 1. The first-order valence-electron chi connectivity index (χ1n) is 6.29. The van der Waals surface area contributed by atoms with E-state index >= 15 is 0 Å². The Morgan fingerprint density at radius 2 is 1.95 bits per heavy atom. The Balaban J connectivity index is 0.00000200. The number of nitrogens with one attached hydrogen (secondary N) is 1. The molecule has 114 valence electrons. The predicted molar refractivity (Wildman–Crippen MR) is 78.6 cm³/mol. The number of pyridine rings is 1. The number of sulfonamides is 1. The highest BCUT2D eigenvalue weighted by atomic mass is 35.5. The average molecular weight is 322 g/mol. The summed E-state index contributed by atoms with van der Waals surface area (Å²) in [6, 6.07) is 3.18. The predicted octanol–water partition coefficient (Wildman–Crippen LogP) is 1.06. The molecule has 0 aromatic carbocycles. The van der Waals surface area contributed by atoms with Crippen molar-refractivity contribution in [2.24, 2.45) is 5.73 Å². The van der Waals surface area contributed by atoms with E-state index in [1.807, 2.05) is 0 Å². The summed E-state index contributed by atoms with van der Waals surface area (Å²) >= 11 is 0. The zero-order valence-corrected chi connectivity index (χ0v) is 12.9. The van der Waals surface area contributed by atoms with Crippen molar-refractivity contribution in [2.45, 2.75) is 42.7 Å². The van der Waals surface area contributed by atoms with Crippen LogP contribution >= 0.6 is 12.4 Å². The molecule has 1 fully saturated rings. The van der Waals surface area contributed by atoms with Gasteiger partial charge in [-0.2, -0.15) is 0 Å². The van der Waals surface area contributed by atoms with Gasteiger partial charge in [0.2, 0.25) is 15.9 Å². The largest absolute Gasteiger partial charge is 0.481 e. The number of hydrogen-bond acceptors (Lipinski definition) is 5. The first kappa shape index (κ1) is 17.2. The van der Waals surface area contributed by atoms with Crippen molar-refractivity contribution < 1.29 is 13.2 Å². The highest BCUT2D eigenvalue weighted by molar-refractivity contribution is 7.89. The lowest BCUT2D eigenvalue weighted by atomic mass is 9.93. The van der Waals surface area contributed by atoms with Crippen molar-refractivity contribution in [2.75, 3.05) is 7.11 Å². The van der Waals surface area contributed by atoms with Crippen molar-refractivity contribution in [3.8, 4) is 5.88 Å². The zero-order valence-electron chi connectivity index (χ0n) is 11.3. The van der Waals surface area contributed by atoms with Gasteiger partial charge in [-0.15, -0.1) is 12.4 Å². The van der Waals surface area contributed by atoms with Crippen LogP contribution in [0.5, 0.6) is 5.88 Å². The molecule has 1 aliphatic rings. The second-order valence-corrected chi connectivity index (χ2v) is 6.48. The molecule has 0 aliphatic heterocycles. The maximum Gasteiger partial charge on any atom is 0.242 e. The van der Waals surface area contributed by atoms with Gasteiger partial charge in [-0.3, -0.25) is 0 Å². The van der Waals surface area contributed by atoms with Gasteiger partial charge >= 0.3 is 0 Å². The number of methoxy groups -OCH3 is 1. The molecular weight excluding hydrogens is 302 g/mol. The second kappa shape index (κ2) is 7.21. The van der Waals surface area contributed by atoms with Crippen molar-refractivity contribution in [1.82, 2.24) is 9.71 Å². The molecule has 1 aromatic rings. The molecule has 1 saturated carbocycles. The topological polar surface area (TPSA) is 94.3 Å². The van der Waals surface area contributed by atoms with Gasteiger partial charge in [0.1, 0.15) is 4.90 Å². The van der Waals surface area contributed by atoms with Gasteiger partial charge in [0.25, 0.3) is 0 Å². The maximum absolute atomic E-state index is 12.2. The Labute approximate surface area is 125 Å². The Morgan fingerprint density at radius 1 is 1.30 bits per heavy atom. The Morgan fingerprint density at radius 3 is 2.45 bits per heavy atom. The van der Waals surface area contributed by atoms with E-state index in [4.69, 9.17) is 10.5 Å². The van der Waals surface area contributed by atoms with Crippen LogP contribution in [0.3, 0.4) is 0 Å². The van der Waals surface area contributed by atoms with E-state index in [1.165, 1.54) is 25.4 Å². The Kier molecular flexibility index (Phi) is 6.19. The van der Waals surface area contributed by atoms with Crippen LogP contribution in [-0.2, 0) is 10.0 Å².